The van der Waals surface area contributed by atoms with Gasteiger partial charge in [-0.2, -0.15) is 0 Å². The highest BCUT2D eigenvalue weighted by Crippen LogP contribution is 2.19. The number of hydrogen-bond donors (Lipinski definition) is 4. The van der Waals surface area contributed by atoms with Crippen molar-refractivity contribution in [3.63, 3.8) is 0 Å². The van der Waals surface area contributed by atoms with Gasteiger partial charge in [0, 0.05) is 18.5 Å². The van der Waals surface area contributed by atoms with E-state index in [1.54, 1.807) is 54.5 Å². The minimum atomic E-state index is -0.268. The van der Waals surface area contributed by atoms with Crippen LogP contribution in [0.25, 0.3) is 0 Å². The predicted molar refractivity (Wildman–Crippen MR) is 117 cm³/mol. The zero-order valence-corrected chi connectivity index (χ0v) is 18.0. The fourth-order valence-electron chi connectivity index (χ4n) is 3.86. The van der Waals surface area contributed by atoms with Gasteiger partial charge in [0.1, 0.15) is 5.75 Å². The number of anilines is 2. The average molecular weight is 413 g/mol. The molecule has 1 fully saturated rings. The van der Waals surface area contributed by atoms with Crippen molar-refractivity contribution in [3.05, 3.63) is 54.1 Å². The fraction of sp³-hybridized carbons (Fsp3) is 0.391. The molecule has 1 saturated heterocycles. The number of amides is 2. The first-order chi connectivity index (χ1) is 14.5. The maximum atomic E-state index is 12.8. The summed E-state index contributed by atoms with van der Waals surface area (Å²) in [6.45, 7) is 2.69. The number of methoxy groups -OCH3 is 1. The van der Waals surface area contributed by atoms with Gasteiger partial charge >= 0.3 is 0 Å². The number of ether oxygens (including phenoxy) is 1. The standard InChI is InChI=1S/C23H30N4O3/c1-26-14-12-18(13-15-26)27(2)16-22(28)25-21-7-5-4-6-20(21)23(29)24-17-8-10-19(30-3)11-9-17/h4-11,18H,12-16H2,1-3H3,(H,24,29)(H,25,28)/p+2. The Labute approximate surface area is 178 Å². The summed E-state index contributed by atoms with van der Waals surface area (Å²) in [5.41, 5.74) is 1.62. The summed E-state index contributed by atoms with van der Waals surface area (Å²) in [6, 6.07) is 14.7. The van der Waals surface area contributed by atoms with Crippen molar-refractivity contribution in [1.29, 1.82) is 0 Å². The van der Waals surface area contributed by atoms with Gasteiger partial charge in [-0.3, -0.25) is 9.59 Å². The molecule has 160 valence electrons. The van der Waals surface area contributed by atoms with Gasteiger partial charge in [-0.1, -0.05) is 12.1 Å². The molecular weight excluding hydrogens is 380 g/mol. The third kappa shape index (κ3) is 5.81. The third-order valence-electron chi connectivity index (χ3n) is 5.77. The first-order valence-electron chi connectivity index (χ1n) is 10.4. The van der Waals surface area contributed by atoms with Crippen LogP contribution in [-0.2, 0) is 4.79 Å². The second kappa shape index (κ2) is 10.2. The summed E-state index contributed by atoms with van der Waals surface area (Å²) < 4.78 is 5.14. The lowest BCUT2D eigenvalue weighted by molar-refractivity contribution is -0.935. The van der Waals surface area contributed by atoms with Crippen molar-refractivity contribution in [1.82, 2.24) is 0 Å². The fourth-order valence-corrected chi connectivity index (χ4v) is 3.86. The Kier molecular flexibility index (Phi) is 7.43. The molecular formula is C23H32N4O3+2. The van der Waals surface area contributed by atoms with Crippen molar-refractivity contribution < 1.29 is 24.1 Å². The average Bonchev–Trinajstić information content (AvgIpc) is 2.75. The molecule has 1 aliphatic rings. The number of nitrogens with one attached hydrogen (secondary N) is 4. The number of para-hydroxylation sites is 1. The molecule has 1 heterocycles. The molecule has 1 aliphatic heterocycles. The molecule has 0 spiro atoms. The van der Waals surface area contributed by atoms with Gasteiger partial charge in [-0.25, -0.2) is 0 Å². The zero-order chi connectivity index (χ0) is 21.5. The van der Waals surface area contributed by atoms with E-state index in [0.717, 1.165) is 31.7 Å². The number of benzene rings is 2. The smallest absolute Gasteiger partial charge is 0.279 e. The zero-order valence-electron chi connectivity index (χ0n) is 18.0. The number of likely N-dealkylation sites (tertiary alicyclic amines) is 1. The Morgan fingerprint density at radius 1 is 1.07 bits per heavy atom. The molecule has 0 aromatic heterocycles. The Hall–Kier alpha value is -2.90. The first kappa shape index (κ1) is 21.8. The lowest BCUT2D eigenvalue weighted by Gasteiger charge is -2.30. The summed E-state index contributed by atoms with van der Waals surface area (Å²) in [5.74, 6) is 0.372. The van der Waals surface area contributed by atoms with Gasteiger partial charge in [0.2, 0.25) is 0 Å². The molecule has 3 rings (SSSR count). The van der Waals surface area contributed by atoms with Gasteiger partial charge in [0.25, 0.3) is 11.8 Å². The Morgan fingerprint density at radius 3 is 2.40 bits per heavy atom. The molecule has 7 nitrogen and oxygen atoms in total. The van der Waals surface area contributed by atoms with E-state index >= 15 is 0 Å². The molecule has 1 unspecified atom stereocenters. The normalized spacial score (nSPS) is 19.6. The minimum Gasteiger partial charge on any atom is -0.497 e. The minimum absolute atomic E-state index is 0.0801. The SMILES string of the molecule is COc1ccc(NC(=O)c2ccccc2NC(=O)C[NH+](C)C2CC[NH+](C)CC2)cc1. The summed E-state index contributed by atoms with van der Waals surface area (Å²) in [7, 11) is 5.89. The van der Waals surface area contributed by atoms with Crippen LogP contribution in [0.2, 0.25) is 0 Å². The maximum absolute atomic E-state index is 12.8. The third-order valence-corrected chi connectivity index (χ3v) is 5.77. The number of carbonyl (C=O) groups is 2. The van der Waals surface area contributed by atoms with E-state index < -0.39 is 0 Å². The predicted octanol–water partition coefficient (Wildman–Crippen LogP) is 0.0778. The van der Waals surface area contributed by atoms with Crippen LogP contribution >= 0.6 is 0 Å². The van der Waals surface area contributed by atoms with Gasteiger partial charge in [0.05, 0.1) is 51.6 Å². The van der Waals surface area contributed by atoms with Crippen LogP contribution in [0.15, 0.2) is 48.5 Å². The van der Waals surface area contributed by atoms with Crippen molar-refractivity contribution in [2.24, 2.45) is 0 Å². The highest BCUT2D eigenvalue weighted by molar-refractivity contribution is 6.10. The van der Waals surface area contributed by atoms with Gasteiger partial charge in [-0.15, -0.1) is 0 Å². The quantitative estimate of drug-likeness (QED) is 0.520. The molecule has 0 radical (unpaired) electrons. The summed E-state index contributed by atoms with van der Waals surface area (Å²) >= 11 is 0. The lowest BCUT2D eigenvalue weighted by atomic mass is 10.0. The Bertz CT molecular complexity index is 861. The number of carbonyl (C=O) groups excluding carboxylic acids is 2. The second-order valence-electron chi connectivity index (χ2n) is 8.03. The topological polar surface area (TPSA) is 76.3 Å². The summed E-state index contributed by atoms with van der Waals surface area (Å²) in [5, 5.41) is 5.79. The van der Waals surface area contributed by atoms with E-state index in [1.165, 1.54) is 4.90 Å². The summed E-state index contributed by atoms with van der Waals surface area (Å²) in [6.07, 6.45) is 2.26. The van der Waals surface area contributed by atoms with E-state index in [-0.39, 0.29) is 11.8 Å². The maximum Gasteiger partial charge on any atom is 0.279 e. The molecule has 7 heteroatoms. The van der Waals surface area contributed by atoms with Gasteiger partial charge in [-0.05, 0) is 36.4 Å². The van der Waals surface area contributed by atoms with Crippen LogP contribution in [0.5, 0.6) is 5.75 Å². The van der Waals surface area contributed by atoms with E-state index in [9.17, 15) is 9.59 Å². The Morgan fingerprint density at radius 2 is 1.73 bits per heavy atom. The van der Waals surface area contributed by atoms with Crippen LogP contribution in [0.3, 0.4) is 0 Å². The molecule has 2 amide bonds. The molecule has 0 bridgehead atoms. The molecule has 2 aromatic carbocycles. The molecule has 2 aromatic rings. The highest BCUT2D eigenvalue weighted by Gasteiger charge is 2.27. The molecule has 30 heavy (non-hydrogen) atoms. The van der Waals surface area contributed by atoms with Crippen LogP contribution in [0.4, 0.5) is 11.4 Å². The largest absolute Gasteiger partial charge is 0.497 e. The number of rotatable bonds is 7. The van der Waals surface area contributed by atoms with Crippen LogP contribution < -0.4 is 25.2 Å². The van der Waals surface area contributed by atoms with Gasteiger partial charge in [0.15, 0.2) is 6.54 Å². The van der Waals surface area contributed by atoms with E-state index in [0.29, 0.717) is 29.5 Å². The molecule has 0 saturated carbocycles. The number of likely N-dealkylation sites (N-methyl/N-ethyl adjacent to an activating group) is 1. The van der Waals surface area contributed by atoms with Gasteiger partial charge < -0.3 is 25.2 Å². The lowest BCUT2D eigenvalue weighted by Crippen LogP contribution is -3.18. The van der Waals surface area contributed by atoms with Crippen LogP contribution in [-0.4, -0.2) is 58.7 Å². The number of hydrogen-bond acceptors (Lipinski definition) is 3. The van der Waals surface area contributed by atoms with Crippen molar-refractivity contribution >= 4 is 23.2 Å². The van der Waals surface area contributed by atoms with Crippen LogP contribution in [0.1, 0.15) is 23.2 Å². The van der Waals surface area contributed by atoms with E-state index in [2.05, 4.69) is 24.7 Å². The number of piperidine rings is 1. The van der Waals surface area contributed by atoms with E-state index in [1.807, 2.05) is 6.07 Å². The van der Waals surface area contributed by atoms with Crippen LogP contribution in [0, 0.1) is 0 Å². The first-order valence-corrected chi connectivity index (χ1v) is 10.4. The van der Waals surface area contributed by atoms with Crippen molar-refractivity contribution in [2.75, 3.05) is 51.5 Å². The second-order valence-corrected chi connectivity index (χ2v) is 8.03. The van der Waals surface area contributed by atoms with Crippen molar-refractivity contribution in [3.8, 4) is 5.75 Å². The number of quaternary nitrogens is 2. The summed E-state index contributed by atoms with van der Waals surface area (Å²) in [4.78, 5) is 28.2. The van der Waals surface area contributed by atoms with Crippen molar-refractivity contribution in [2.45, 2.75) is 18.9 Å². The van der Waals surface area contributed by atoms with E-state index in [4.69, 9.17) is 4.74 Å². The Balaban J connectivity index is 1.61. The molecule has 1 atom stereocenters. The molecule has 0 aliphatic carbocycles. The molecule has 4 N–H and O–H groups in total. The highest BCUT2D eigenvalue weighted by atomic mass is 16.5. The monoisotopic (exact) mass is 412 g/mol.